The highest BCUT2D eigenvalue weighted by atomic mass is 16.2. The van der Waals surface area contributed by atoms with Crippen LogP contribution in [0.4, 0.5) is 11.4 Å². The third kappa shape index (κ3) is 3.06. The molecule has 22 heavy (non-hydrogen) atoms. The van der Waals surface area contributed by atoms with Crippen LogP contribution in [0.2, 0.25) is 0 Å². The molecular weight excluding hydrogens is 270 g/mol. The lowest BCUT2D eigenvalue weighted by Crippen LogP contribution is -2.27. The molecule has 1 saturated carbocycles. The Bertz CT molecular complexity index is 591. The number of amides is 1. The number of carbonyl (C=O) groups is 1. The van der Waals surface area contributed by atoms with Crippen molar-refractivity contribution in [3.8, 4) is 0 Å². The molecule has 0 unspecified atom stereocenters. The van der Waals surface area contributed by atoms with E-state index < -0.39 is 0 Å². The summed E-state index contributed by atoms with van der Waals surface area (Å²) in [5.41, 5.74) is 4.53. The van der Waals surface area contributed by atoms with Crippen LogP contribution in [0.5, 0.6) is 0 Å². The first-order valence-electron chi connectivity index (χ1n) is 8.24. The van der Waals surface area contributed by atoms with Crippen LogP contribution in [0.25, 0.3) is 0 Å². The molecule has 2 heteroatoms. The van der Waals surface area contributed by atoms with Gasteiger partial charge < -0.3 is 0 Å². The third-order valence-electron chi connectivity index (χ3n) is 4.35. The van der Waals surface area contributed by atoms with Gasteiger partial charge >= 0.3 is 0 Å². The Kier molecular flexibility index (Phi) is 4.28. The molecule has 0 spiro atoms. The highest BCUT2D eigenvalue weighted by Crippen LogP contribution is 2.36. The van der Waals surface area contributed by atoms with Crippen LogP contribution in [0.3, 0.4) is 0 Å². The number of carbonyl (C=O) groups excluding carboxylic acids is 1. The van der Waals surface area contributed by atoms with Gasteiger partial charge in [-0.2, -0.15) is 0 Å². The van der Waals surface area contributed by atoms with Crippen molar-refractivity contribution in [2.75, 3.05) is 4.90 Å². The number of hydrogen-bond acceptors (Lipinski definition) is 1. The van der Waals surface area contributed by atoms with Gasteiger partial charge in [-0.25, -0.2) is 0 Å². The van der Waals surface area contributed by atoms with Gasteiger partial charge in [0.2, 0.25) is 5.91 Å². The van der Waals surface area contributed by atoms with Crippen molar-refractivity contribution in [1.29, 1.82) is 0 Å². The van der Waals surface area contributed by atoms with E-state index in [1.165, 1.54) is 11.1 Å². The molecule has 1 fully saturated rings. The van der Waals surface area contributed by atoms with Crippen molar-refractivity contribution < 1.29 is 4.79 Å². The van der Waals surface area contributed by atoms with Crippen molar-refractivity contribution in [3.63, 3.8) is 0 Å². The Morgan fingerprint density at radius 2 is 1.27 bits per heavy atom. The van der Waals surface area contributed by atoms with E-state index in [0.29, 0.717) is 0 Å². The second-order valence-corrected chi connectivity index (χ2v) is 5.99. The summed E-state index contributed by atoms with van der Waals surface area (Å²) in [6, 6.07) is 16.7. The highest BCUT2D eigenvalue weighted by Gasteiger charge is 2.34. The molecule has 114 valence electrons. The van der Waals surface area contributed by atoms with E-state index in [1.807, 2.05) is 4.90 Å². The largest absolute Gasteiger partial charge is 0.281 e. The minimum absolute atomic E-state index is 0.205. The van der Waals surface area contributed by atoms with Crippen molar-refractivity contribution in [2.45, 2.75) is 39.5 Å². The van der Waals surface area contributed by atoms with E-state index in [4.69, 9.17) is 0 Å². The van der Waals surface area contributed by atoms with Crippen LogP contribution in [-0.2, 0) is 17.6 Å². The first-order chi connectivity index (χ1) is 10.7. The van der Waals surface area contributed by atoms with E-state index >= 15 is 0 Å². The van der Waals surface area contributed by atoms with Gasteiger partial charge in [-0.05, 0) is 61.1 Å². The smallest absolute Gasteiger partial charge is 0.234 e. The van der Waals surface area contributed by atoms with Gasteiger partial charge in [0.25, 0.3) is 0 Å². The predicted molar refractivity (Wildman–Crippen MR) is 91.5 cm³/mol. The average molecular weight is 293 g/mol. The summed E-state index contributed by atoms with van der Waals surface area (Å²) in [4.78, 5) is 14.6. The molecule has 0 aliphatic heterocycles. The van der Waals surface area contributed by atoms with Crippen LogP contribution >= 0.6 is 0 Å². The minimum Gasteiger partial charge on any atom is -0.281 e. The SMILES string of the molecule is CCc1ccc(N(C(=O)C2CC2)c2ccc(CC)cc2)cc1. The van der Waals surface area contributed by atoms with Crippen LogP contribution in [0, 0.1) is 5.92 Å². The lowest BCUT2D eigenvalue weighted by Gasteiger charge is -2.23. The zero-order valence-corrected chi connectivity index (χ0v) is 13.4. The fourth-order valence-corrected chi connectivity index (χ4v) is 2.68. The zero-order chi connectivity index (χ0) is 15.5. The fourth-order valence-electron chi connectivity index (χ4n) is 2.68. The lowest BCUT2D eigenvalue weighted by molar-refractivity contribution is -0.119. The quantitative estimate of drug-likeness (QED) is 0.769. The van der Waals surface area contributed by atoms with Crippen LogP contribution in [-0.4, -0.2) is 5.91 Å². The van der Waals surface area contributed by atoms with Crippen molar-refractivity contribution >= 4 is 17.3 Å². The van der Waals surface area contributed by atoms with Crippen LogP contribution in [0.15, 0.2) is 48.5 Å². The molecule has 0 saturated heterocycles. The van der Waals surface area contributed by atoms with Gasteiger partial charge in [0.15, 0.2) is 0 Å². The highest BCUT2D eigenvalue weighted by molar-refractivity contribution is 6.02. The monoisotopic (exact) mass is 293 g/mol. The van der Waals surface area contributed by atoms with Gasteiger partial charge in [-0.3, -0.25) is 9.69 Å². The van der Waals surface area contributed by atoms with E-state index in [0.717, 1.165) is 37.1 Å². The second-order valence-electron chi connectivity index (χ2n) is 5.99. The maximum Gasteiger partial charge on any atom is 0.234 e. The summed E-state index contributed by atoms with van der Waals surface area (Å²) < 4.78 is 0. The van der Waals surface area contributed by atoms with E-state index in [2.05, 4.69) is 62.4 Å². The van der Waals surface area contributed by atoms with Crippen molar-refractivity contribution in [2.24, 2.45) is 5.92 Å². The van der Waals surface area contributed by atoms with Gasteiger partial charge in [0, 0.05) is 17.3 Å². The fraction of sp³-hybridized carbons (Fsp3) is 0.350. The molecule has 0 bridgehead atoms. The Balaban J connectivity index is 1.96. The molecule has 0 aromatic heterocycles. The van der Waals surface area contributed by atoms with Gasteiger partial charge in [-0.15, -0.1) is 0 Å². The number of rotatable bonds is 5. The average Bonchev–Trinajstić information content (AvgIpc) is 3.41. The standard InChI is InChI=1S/C20H23NO/c1-3-15-5-11-18(12-6-15)21(20(22)17-9-10-17)19-13-7-16(4-2)8-14-19/h5-8,11-14,17H,3-4,9-10H2,1-2H3. The summed E-state index contributed by atoms with van der Waals surface area (Å²) in [5, 5.41) is 0. The number of anilines is 2. The molecular formula is C20H23NO. The van der Waals surface area contributed by atoms with Crippen LogP contribution < -0.4 is 4.90 Å². The number of aryl methyl sites for hydroxylation is 2. The lowest BCUT2D eigenvalue weighted by atomic mass is 10.1. The molecule has 1 amide bonds. The molecule has 1 aliphatic rings. The van der Waals surface area contributed by atoms with Crippen LogP contribution in [0.1, 0.15) is 37.8 Å². The summed E-state index contributed by atoms with van der Waals surface area (Å²) in [5.74, 6) is 0.435. The van der Waals surface area contributed by atoms with Gasteiger partial charge in [0.1, 0.15) is 0 Å². The molecule has 3 rings (SSSR count). The Morgan fingerprint density at radius 1 is 0.864 bits per heavy atom. The summed E-state index contributed by atoms with van der Waals surface area (Å²) in [6.07, 6.45) is 4.08. The number of benzene rings is 2. The minimum atomic E-state index is 0.205. The third-order valence-corrected chi connectivity index (χ3v) is 4.35. The molecule has 2 aromatic carbocycles. The van der Waals surface area contributed by atoms with Crippen molar-refractivity contribution in [3.05, 3.63) is 59.7 Å². The predicted octanol–water partition coefficient (Wildman–Crippen LogP) is 4.89. The van der Waals surface area contributed by atoms with E-state index in [9.17, 15) is 4.79 Å². The molecule has 1 aliphatic carbocycles. The molecule has 2 nitrogen and oxygen atoms in total. The number of nitrogens with zero attached hydrogens (tertiary/aromatic N) is 1. The van der Waals surface area contributed by atoms with Gasteiger partial charge in [-0.1, -0.05) is 38.1 Å². The first kappa shape index (κ1) is 14.8. The number of hydrogen-bond donors (Lipinski definition) is 0. The van der Waals surface area contributed by atoms with Gasteiger partial charge in [0.05, 0.1) is 0 Å². The molecule has 0 heterocycles. The summed E-state index contributed by atoms with van der Waals surface area (Å²) >= 11 is 0. The van der Waals surface area contributed by atoms with E-state index in [1.54, 1.807) is 0 Å². The first-order valence-corrected chi connectivity index (χ1v) is 8.24. The second kappa shape index (κ2) is 6.35. The molecule has 0 radical (unpaired) electrons. The van der Waals surface area contributed by atoms with Crippen molar-refractivity contribution in [1.82, 2.24) is 0 Å². The normalized spacial score (nSPS) is 13.9. The molecule has 2 aromatic rings. The Hall–Kier alpha value is -2.09. The summed E-state index contributed by atoms with van der Waals surface area (Å²) in [7, 11) is 0. The zero-order valence-electron chi connectivity index (χ0n) is 13.4. The Labute approximate surface area is 132 Å². The maximum absolute atomic E-state index is 12.7. The summed E-state index contributed by atoms with van der Waals surface area (Å²) in [6.45, 7) is 4.29. The molecule has 0 N–H and O–H groups in total. The topological polar surface area (TPSA) is 20.3 Å². The maximum atomic E-state index is 12.7. The molecule has 0 atom stereocenters. The van der Waals surface area contributed by atoms with E-state index in [-0.39, 0.29) is 11.8 Å². The Morgan fingerprint density at radius 3 is 1.59 bits per heavy atom.